The van der Waals surface area contributed by atoms with Gasteiger partial charge in [0.1, 0.15) is 6.61 Å². The van der Waals surface area contributed by atoms with Gasteiger partial charge in [-0.05, 0) is 25.5 Å². The summed E-state index contributed by atoms with van der Waals surface area (Å²) >= 11 is 0. The highest BCUT2D eigenvalue weighted by Crippen LogP contribution is 2.05. The Morgan fingerprint density at radius 1 is 1.25 bits per heavy atom. The first-order valence-corrected chi connectivity index (χ1v) is 5.35. The molecule has 1 aromatic rings. The van der Waals surface area contributed by atoms with Crippen LogP contribution < -0.4 is 0 Å². The van der Waals surface area contributed by atoms with Crippen molar-refractivity contribution in [2.75, 3.05) is 0 Å². The molecule has 0 bridgehead atoms. The van der Waals surface area contributed by atoms with E-state index < -0.39 is 0 Å². The van der Waals surface area contributed by atoms with Gasteiger partial charge in [0, 0.05) is 0 Å². The normalized spacial score (nSPS) is 11.8. The van der Waals surface area contributed by atoms with E-state index in [0.717, 1.165) is 11.3 Å². The molecular formula is C15H18O. The average Bonchev–Trinajstić information content (AvgIpc) is 2.27. The number of hydrogen-bond acceptors (Lipinski definition) is 1. The van der Waals surface area contributed by atoms with Gasteiger partial charge in [-0.25, -0.2) is 0 Å². The van der Waals surface area contributed by atoms with Crippen molar-refractivity contribution in [1.82, 2.24) is 0 Å². The average molecular weight is 214 g/mol. The van der Waals surface area contributed by atoms with Crippen LogP contribution in [0.5, 0.6) is 0 Å². The third-order valence-electron chi connectivity index (χ3n) is 2.02. The van der Waals surface area contributed by atoms with Crippen molar-refractivity contribution in [2.24, 2.45) is 0 Å². The molecule has 84 valence electrons. The Bertz CT molecular complexity index is 385. The van der Waals surface area contributed by atoms with Crippen LogP contribution in [-0.2, 0) is 11.3 Å². The van der Waals surface area contributed by atoms with Crippen molar-refractivity contribution >= 4 is 0 Å². The van der Waals surface area contributed by atoms with Crippen molar-refractivity contribution in [3.63, 3.8) is 0 Å². The Labute approximate surface area is 97.8 Å². The highest BCUT2D eigenvalue weighted by molar-refractivity contribution is 5.18. The van der Waals surface area contributed by atoms with Crippen LogP contribution in [0.15, 0.2) is 66.5 Å². The van der Waals surface area contributed by atoms with Crippen molar-refractivity contribution < 1.29 is 4.74 Å². The van der Waals surface area contributed by atoms with Crippen molar-refractivity contribution in [3.8, 4) is 0 Å². The summed E-state index contributed by atoms with van der Waals surface area (Å²) in [7, 11) is 0. The zero-order valence-corrected chi connectivity index (χ0v) is 9.94. The first-order chi connectivity index (χ1) is 7.68. The molecule has 0 aliphatic carbocycles. The first kappa shape index (κ1) is 12.3. The standard InChI is InChI=1S/C15H18O/c1-13(2)8-7-9-14(3)16-12-15-10-5-4-6-11-15/h4-11H,1,12H2,2-3H3. The van der Waals surface area contributed by atoms with E-state index in [-0.39, 0.29) is 0 Å². The first-order valence-electron chi connectivity index (χ1n) is 5.35. The van der Waals surface area contributed by atoms with E-state index in [1.165, 1.54) is 5.56 Å². The Morgan fingerprint density at radius 3 is 2.56 bits per heavy atom. The van der Waals surface area contributed by atoms with Gasteiger partial charge in [-0.2, -0.15) is 0 Å². The highest BCUT2D eigenvalue weighted by Gasteiger charge is 1.91. The maximum atomic E-state index is 5.59. The summed E-state index contributed by atoms with van der Waals surface area (Å²) in [5.74, 6) is 0.904. The van der Waals surface area contributed by atoms with E-state index in [4.69, 9.17) is 4.74 Å². The van der Waals surface area contributed by atoms with Crippen molar-refractivity contribution in [3.05, 3.63) is 72.0 Å². The lowest BCUT2D eigenvalue weighted by atomic mass is 10.2. The van der Waals surface area contributed by atoms with Crippen LogP contribution >= 0.6 is 0 Å². The molecule has 0 heterocycles. The molecule has 0 saturated carbocycles. The van der Waals surface area contributed by atoms with Gasteiger partial charge in [0.25, 0.3) is 0 Å². The fourth-order valence-corrected chi connectivity index (χ4v) is 1.17. The Kier molecular flexibility index (Phi) is 5.13. The molecule has 0 aliphatic rings. The van der Waals surface area contributed by atoms with Gasteiger partial charge in [0.05, 0.1) is 5.76 Å². The van der Waals surface area contributed by atoms with E-state index in [1.807, 2.05) is 50.3 Å². The second-order valence-electron chi connectivity index (χ2n) is 3.76. The van der Waals surface area contributed by atoms with E-state index >= 15 is 0 Å². The Balaban J connectivity index is 2.41. The van der Waals surface area contributed by atoms with E-state index in [2.05, 4.69) is 18.7 Å². The molecule has 16 heavy (non-hydrogen) atoms. The molecule has 0 N–H and O–H groups in total. The highest BCUT2D eigenvalue weighted by atomic mass is 16.5. The minimum atomic E-state index is 0.615. The molecule has 1 aromatic carbocycles. The van der Waals surface area contributed by atoms with Crippen LogP contribution in [-0.4, -0.2) is 0 Å². The monoisotopic (exact) mass is 214 g/mol. The minimum Gasteiger partial charge on any atom is -0.494 e. The van der Waals surface area contributed by atoms with Crippen LogP contribution in [0, 0.1) is 0 Å². The quantitative estimate of drug-likeness (QED) is 0.526. The summed E-state index contributed by atoms with van der Waals surface area (Å²) in [6, 6.07) is 10.1. The van der Waals surface area contributed by atoms with E-state index in [1.54, 1.807) is 0 Å². The lowest BCUT2D eigenvalue weighted by Crippen LogP contribution is -1.89. The third kappa shape index (κ3) is 5.20. The van der Waals surface area contributed by atoms with Gasteiger partial charge >= 0.3 is 0 Å². The molecule has 0 aromatic heterocycles. The SMILES string of the molecule is C=C(C)C=CC=C(C)OCc1ccccc1. The molecular weight excluding hydrogens is 196 g/mol. The van der Waals surface area contributed by atoms with Gasteiger partial charge in [-0.3, -0.25) is 0 Å². The molecule has 0 fully saturated rings. The maximum absolute atomic E-state index is 5.59. The number of benzene rings is 1. The number of hydrogen-bond donors (Lipinski definition) is 0. The smallest absolute Gasteiger partial charge is 0.113 e. The lowest BCUT2D eigenvalue weighted by Gasteiger charge is -2.05. The van der Waals surface area contributed by atoms with Gasteiger partial charge in [0.15, 0.2) is 0 Å². The summed E-state index contributed by atoms with van der Waals surface area (Å²) in [5, 5.41) is 0. The van der Waals surface area contributed by atoms with Gasteiger partial charge in [-0.15, -0.1) is 0 Å². The fraction of sp³-hybridized carbons (Fsp3) is 0.200. The maximum Gasteiger partial charge on any atom is 0.113 e. The molecule has 0 spiro atoms. The zero-order chi connectivity index (χ0) is 11.8. The van der Waals surface area contributed by atoms with E-state index in [0.29, 0.717) is 6.61 Å². The van der Waals surface area contributed by atoms with Crippen LogP contribution in [0.3, 0.4) is 0 Å². The summed E-state index contributed by atoms with van der Waals surface area (Å²) in [4.78, 5) is 0. The van der Waals surface area contributed by atoms with Crippen LogP contribution in [0.25, 0.3) is 0 Å². The summed E-state index contributed by atoms with van der Waals surface area (Å²) in [5.41, 5.74) is 2.21. The molecule has 0 unspecified atom stereocenters. The minimum absolute atomic E-state index is 0.615. The largest absolute Gasteiger partial charge is 0.494 e. The predicted molar refractivity (Wildman–Crippen MR) is 68.9 cm³/mol. The predicted octanol–water partition coefficient (Wildman–Crippen LogP) is 4.24. The second-order valence-corrected chi connectivity index (χ2v) is 3.76. The summed E-state index contributed by atoms with van der Waals surface area (Å²) in [6.07, 6.45) is 5.84. The molecule has 0 atom stereocenters. The Hall–Kier alpha value is -1.76. The van der Waals surface area contributed by atoms with Crippen LogP contribution in [0.2, 0.25) is 0 Å². The Morgan fingerprint density at radius 2 is 1.94 bits per heavy atom. The summed E-state index contributed by atoms with van der Waals surface area (Å²) < 4.78 is 5.59. The summed E-state index contributed by atoms with van der Waals surface area (Å²) in [6.45, 7) is 8.32. The third-order valence-corrected chi connectivity index (χ3v) is 2.02. The lowest BCUT2D eigenvalue weighted by molar-refractivity contribution is 0.201. The van der Waals surface area contributed by atoms with Gasteiger partial charge in [0.2, 0.25) is 0 Å². The zero-order valence-electron chi connectivity index (χ0n) is 9.94. The van der Waals surface area contributed by atoms with Crippen molar-refractivity contribution in [2.45, 2.75) is 20.5 Å². The number of allylic oxidation sites excluding steroid dienone is 5. The van der Waals surface area contributed by atoms with Gasteiger partial charge in [-0.1, -0.05) is 54.6 Å². The van der Waals surface area contributed by atoms with Crippen LogP contribution in [0.4, 0.5) is 0 Å². The van der Waals surface area contributed by atoms with Gasteiger partial charge < -0.3 is 4.74 Å². The van der Waals surface area contributed by atoms with Crippen molar-refractivity contribution in [1.29, 1.82) is 0 Å². The molecule has 0 amide bonds. The molecule has 0 aliphatic heterocycles. The molecule has 0 saturated heterocycles. The fourth-order valence-electron chi connectivity index (χ4n) is 1.17. The molecule has 1 heteroatoms. The molecule has 1 rings (SSSR count). The number of rotatable bonds is 5. The molecule has 1 nitrogen and oxygen atoms in total. The number of ether oxygens (including phenoxy) is 1. The van der Waals surface area contributed by atoms with E-state index in [9.17, 15) is 0 Å². The second kappa shape index (κ2) is 6.67. The topological polar surface area (TPSA) is 9.23 Å². The van der Waals surface area contributed by atoms with Crippen LogP contribution in [0.1, 0.15) is 19.4 Å². The molecule has 0 radical (unpaired) electrons.